The summed E-state index contributed by atoms with van der Waals surface area (Å²) >= 11 is 5.63. The Hall–Kier alpha value is -1.42. The lowest BCUT2D eigenvalue weighted by Crippen LogP contribution is -2.25. The molecule has 1 atom stereocenters. The maximum Gasteiger partial charge on any atom is 0.236 e. The number of likely N-dealkylation sites (tertiary alicyclic amines) is 1. The molecule has 1 unspecified atom stereocenters. The minimum atomic E-state index is -0.532. The fourth-order valence-corrected chi connectivity index (χ4v) is 1.93. The second-order valence-electron chi connectivity index (χ2n) is 3.72. The number of benzene rings is 1. The van der Waals surface area contributed by atoms with Crippen LogP contribution in [0.5, 0.6) is 0 Å². The lowest BCUT2D eigenvalue weighted by Gasteiger charge is -2.09. The van der Waals surface area contributed by atoms with Crippen LogP contribution in [0, 0.1) is 5.82 Å². The number of likely N-dealkylation sites (N-methyl/N-ethyl adjacent to an activating group) is 1. The highest BCUT2D eigenvalue weighted by Crippen LogP contribution is 2.30. The normalized spacial score (nSPS) is 20.7. The molecule has 0 spiro atoms. The molecule has 1 aromatic carbocycles. The standard InChI is InChI=1S/C11H9ClFNO2/c1-14-10(15)5-7(11(14)16)6-2-3-9(13)8(12)4-6/h2-4,7H,5H2,1H3. The molecule has 0 saturated carbocycles. The van der Waals surface area contributed by atoms with Gasteiger partial charge in [0.1, 0.15) is 5.82 Å². The maximum absolute atomic E-state index is 12.9. The molecular weight excluding hydrogens is 233 g/mol. The van der Waals surface area contributed by atoms with Gasteiger partial charge in [-0.15, -0.1) is 0 Å². The summed E-state index contributed by atoms with van der Waals surface area (Å²) in [5.41, 5.74) is 0.578. The molecule has 0 aromatic heterocycles. The van der Waals surface area contributed by atoms with Crippen molar-refractivity contribution in [3.63, 3.8) is 0 Å². The molecule has 1 heterocycles. The van der Waals surface area contributed by atoms with Crippen molar-refractivity contribution >= 4 is 23.4 Å². The second-order valence-corrected chi connectivity index (χ2v) is 4.13. The van der Waals surface area contributed by atoms with Gasteiger partial charge in [0.25, 0.3) is 0 Å². The van der Waals surface area contributed by atoms with Gasteiger partial charge in [0, 0.05) is 13.5 Å². The molecule has 1 saturated heterocycles. The lowest BCUT2D eigenvalue weighted by atomic mass is 9.98. The van der Waals surface area contributed by atoms with Crippen LogP contribution in [0.1, 0.15) is 17.9 Å². The number of carbonyl (C=O) groups is 2. The molecule has 0 aliphatic carbocycles. The molecule has 1 aliphatic heterocycles. The Kier molecular flexibility index (Phi) is 2.68. The molecule has 0 N–H and O–H groups in total. The fraction of sp³-hybridized carbons (Fsp3) is 0.273. The van der Waals surface area contributed by atoms with E-state index in [1.807, 2.05) is 0 Å². The molecule has 2 amide bonds. The van der Waals surface area contributed by atoms with E-state index in [0.717, 1.165) is 4.90 Å². The summed E-state index contributed by atoms with van der Waals surface area (Å²) in [6.45, 7) is 0. The molecule has 1 aromatic rings. The first-order valence-corrected chi connectivity index (χ1v) is 5.14. The van der Waals surface area contributed by atoms with Crippen LogP contribution in [0.2, 0.25) is 5.02 Å². The highest BCUT2D eigenvalue weighted by Gasteiger charge is 2.37. The molecule has 1 fully saturated rings. The molecule has 84 valence electrons. The zero-order chi connectivity index (χ0) is 11.9. The van der Waals surface area contributed by atoms with Crippen molar-refractivity contribution in [2.45, 2.75) is 12.3 Å². The minimum absolute atomic E-state index is 0.0349. The summed E-state index contributed by atoms with van der Waals surface area (Å²) in [4.78, 5) is 24.1. The molecule has 3 nitrogen and oxygen atoms in total. The van der Waals surface area contributed by atoms with E-state index in [2.05, 4.69) is 0 Å². The van der Waals surface area contributed by atoms with E-state index in [1.54, 1.807) is 0 Å². The van der Waals surface area contributed by atoms with Crippen LogP contribution in [0.3, 0.4) is 0 Å². The third kappa shape index (κ3) is 1.69. The minimum Gasteiger partial charge on any atom is -0.285 e. The number of nitrogens with zero attached hydrogens (tertiary/aromatic N) is 1. The third-order valence-electron chi connectivity index (χ3n) is 2.73. The van der Waals surface area contributed by atoms with Gasteiger partial charge in [-0.2, -0.15) is 0 Å². The summed E-state index contributed by atoms with van der Waals surface area (Å²) < 4.78 is 12.9. The fourth-order valence-electron chi connectivity index (χ4n) is 1.75. The van der Waals surface area contributed by atoms with Gasteiger partial charge >= 0.3 is 0 Å². The summed E-state index contributed by atoms with van der Waals surface area (Å²) in [6.07, 6.45) is 0.122. The first-order valence-electron chi connectivity index (χ1n) is 4.76. The molecule has 5 heteroatoms. The average Bonchev–Trinajstić information content (AvgIpc) is 2.50. The second kappa shape index (κ2) is 3.87. The van der Waals surface area contributed by atoms with Gasteiger partial charge in [-0.1, -0.05) is 17.7 Å². The van der Waals surface area contributed by atoms with Crippen molar-refractivity contribution in [3.05, 3.63) is 34.6 Å². The Morgan fingerprint density at radius 2 is 2.12 bits per heavy atom. The van der Waals surface area contributed by atoms with Gasteiger partial charge in [-0.3, -0.25) is 14.5 Å². The number of hydrogen-bond donors (Lipinski definition) is 0. The van der Waals surface area contributed by atoms with Crippen LogP contribution in [-0.4, -0.2) is 23.8 Å². The topological polar surface area (TPSA) is 37.4 Å². The van der Waals surface area contributed by atoms with Gasteiger partial charge < -0.3 is 0 Å². The molecule has 0 bridgehead atoms. The number of halogens is 2. The predicted molar refractivity (Wildman–Crippen MR) is 56.5 cm³/mol. The number of hydrogen-bond acceptors (Lipinski definition) is 2. The van der Waals surface area contributed by atoms with E-state index >= 15 is 0 Å². The van der Waals surface area contributed by atoms with Gasteiger partial charge in [0.15, 0.2) is 0 Å². The van der Waals surface area contributed by atoms with Crippen LogP contribution >= 0.6 is 11.6 Å². The first-order chi connectivity index (χ1) is 7.50. The van der Waals surface area contributed by atoms with Crippen molar-refractivity contribution in [2.24, 2.45) is 0 Å². The number of rotatable bonds is 1. The quantitative estimate of drug-likeness (QED) is 0.705. The summed E-state index contributed by atoms with van der Waals surface area (Å²) in [6, 6.07) is 4.08. The van der Waals surface area contributed by atoms with Gasteiger partial charge in [-0.05, 0) is 17.7 Å². The lowest BCUT2D eigenvalue weighted by molar-refractivity contribution is -0.137. The Bertz CT molecular complexity index is 475. The maximum atomic E-state index is 12.9. The van der Waals surface area contributed by atoms with E-state index < -0.39 is 11.7 Å². The predicted octanol–water partition coefficient (Wildman–Crippen LogP) is 1.95. The first kappa shape index (κ1) is 11.1. The monoisotopic (exact) mass is 241 g/mol. The third-order valence-corrected chi connectivity index (χ3v) is 3.02. The number of imide groups is 1. The van der Waals surface area contributed by atoms with Crippen LogP contribution in [0.25, 0.3) is 0 Å². The van der Waals surface area contributed by atoms with E-state index in [0.29, 0.717) is 5.56 Å². The smallest absolute Gasteiger partial charge is 0.236 e. The molecule has 0 radical (unpaired) electrons. The summed E-state index contributed by atoms with van der Waals surface area (Å²) in [5.74, 6) is -1.56. The van der Waals surface area contributed by atoms with Crippen molar-refractivity contribution < 1.29 is 14.0 Å². The molecule has 16 heavy (non-hydrogen) atoms. The van der Waals surface area contributed by atoms with E-state index in [9.17, 15) is 14.0 Å². The van der Waals surface area contributed by atoms with Crippen LogP contribution in [0.15, 0.2) is 18.2 Å². The highest BCUT2D eigenvalue weighted by molar-refractivity contribution is 6.30. The number of carbonyl (C=O) groups excluding carboxylic acids is 2. The summed E-state index contributed by atoms with van der Waals surface area (Å²) in [5, 5.41) is -0.0349. The van der Waals surface area contributed by atoms with Crippen LogP contribution in [-0.2, 0) is 9.59 Å². The average molecular weight is 242 g/mol. The Morgan fingerprint density at radius 1 is 1.44 bits per heavy atom. The van der Waals surface area contributed by atoms with E-state index in [1.165, 1.54) is 25.2 Å². The van der Waals surface area contributed by atoms with Crippen molar-refractivity contribution in [2.75, 3.05) is 7.05 Å². The van der Waals surface area contributed by atoms with Gasteiger partial charge in [0.05, 0.1) is 10.9 Å². The molecular formula is C11H9ClFNO2. The van der Waals surface area contributed by atoms with Crippen LogP contribution in [0.4, 0.5) is 4.39 Å². The largest absolute Gasteiger partial charge is 0.285 e. The Balaban J connectivity index is 2.35. The molecule has 1 aliphatic rings. The Morgan fingerprint density at radius 3 is 2.62 bits per heavy atom. The van der Waals surface area contributed by atoms with Gasteiger partial charge in [0.2, 0.25) is 11.8 Å². The molecule has 2 rings (SSSR count). The van der Waals surface area contributed by atoms with Crippen molar-refractivity contribution in [1.29, 1.82) is 0 Å². The van der Waals surface area contributed by atoms with E-state index in [4.69, 9.17) is 11.6 Å². The zero-order valence-corrected chi connectivity index (χ0v) is 9.29. The summed E-state index contributed by atoms with van der Waals surface area (Å²) in [7, 11) is 1.44. The van der Waals surface area contributed by atoms with Crippen LogP contribution < -0.4 is 0 Å². The highest BCUT2D eigenvalue weighted by atomic mass is 35.5. The zero-order valence-electron chi connectivity index (χ0n) is 8.54. The van der Waals surface area contributed by atoms with Crippen molar-refractivity contribution in [1.82, 2.24) is 4.90 Å². The Labute approximate surface area is 96.8 Å². The van der Waals surface area contributed by atoms with Gasteiger partial charge in [-0.25, -0.2) is 4.39 Å². The van der Waals surface area contributed by atoms with E-state index in [-0.39, 0.29) is 23.3 Å². The SMILES string of the molecule is CN1C(=O)CC(c2ccc(F)c(Cl)c2)C1=O. The number of amides is 2. The van der Waals surface area contributed by atoms with Crippen molar-refractivity contribution in [3.8, 4) is 0 Å².